The highest BCUT2D eigenvalue weighted by atomic mass is 16.7. The molecular formula is C12H20N6O2. The van der Waals surface area contributed by atoms with E-state index in [1.54, 1.807) is 11.0 Å². The van der Waals surface area contributed by atoms with Gasteiger partial charge in [0.2, 0.25) is 6.29 Å². The smallest absolute Gasteiger partial charge is 0.204 e. The highest BCUT2D eigenvalue weighted by Crippen LogP contribution is 2.16. The molecule has 0 bridgehead atoms. The first kappa shape index (κ1) is 14.6. The Hall–Kier alpha value is -1.80. The molecule has 0 unspecified atom stereocenters. The zero-order valence-electron chi connectivity index (χ0n) is 12.1. The van der Waals surface area contributed by atoms with Crippen LogP contribution < -0.4 is 0 Å². The van der Waals surface area contributed by atoms with Crippen LogP contribution in [0.3, 0.4) is 0 Å². The van der Waals surface area contributed by atoms with Crippen molar-refractivity contribution in [2.75, 3.05) is 13.2 Å². The normalized spacial score (nSPS) is 11.4. The fourth-order valence-corrected chi connectivity index (χ4v) is 1.84. The molecule has 0 radical (unpaired) electrons. The first-order chi connectivity index (χ1) is 9.78. The van der Waals surface area contributed by atoms with Crippen LogP contribution in [0.5, 0.6) is 0 Å². The second-order valence-electron chi connectivity index (χ2n) is 4.08. The predicted octanol–water partition coefficient (Wildman–Crippen LogP) is 1.01. The van der Waals surface area contributed by atoms with E-state index in [-0.39, 0.29) is 0 Å². The van der Waals surface area contributed by atoms with E-state index < -0.39 is 6.29 Å². The van der Waals surface area contributed by atoms with Crippen LogP contribution >= 0.6 is 0 Å². The number of hydrogen-bond donors (Lipinski definition) is 0. The molecule has 0 fully saturated rings. The molecule has 0 N–H and O–H groups in total. The minimum absolute atomic E-state index is 0.470. The second kappa shape index (κ2) is 7.11. The van der Waals surface area contributed by atoms with Crippen LogP contribution in [-0.2, 0) is 22.6 Å². The van der Waals surface area contributed by atoms with E-state index in [2.05, 4.69) is 20.4 Å². The Morgan fingerprint density at radius 2 is 1.95 bits per heavy atom. The lowest BCUT2D eigenvalue weighted by Crippen LogP contribution is -2.10. The average molecular weight is 280 g/mol. The van der Waals surface area contributed by atoms with Crippen molar-refractivity contribution in [3.05, 3.63) is 24.0 Å². The molecule has 0 amide bonds. The van der Waals surface area contributed by atoms with Crippen LogP contribution in [0, 0.1) is 0 Å². The molecule has 8 heteroatoms. The molecule has 0 aliphatic rings. The summed E-state index contributed by atoms with van der Waals surface area (Å²) in [5.74, 6) is 0.841. The van der Waals surface area contributed by atoms with Gasteiger partial charge in [0.1, 0.15) is 24.4 Å². The summed E-state index contributed by atoms with van der Waals surface area (Å²) in [7, 11) is 0. The van der Waals surface area contributed by atoms with Gasteiger partial charge >= 0.3 is 0 Å². The zero-order chi connectivity index (χ0) is 14.4. The van der Waals surface area contributed by atoms with Gasteiger partial charge in [-0.2, -0.15) is 5.10 Å². The molecule has 0 aromatic carbocycles. The van der Waals surface area contributed by atoms with Gasteiger partial charge in [0, 0.05) is 19.8 Å². The van der Waals surface area contributed by atoms with Crippen molar-refractivity contribution in [2.45, 2.75) is 40.2 Å². The molecule has 2 heterocycles. The minimum atomic E-state index is -0.470. The van der Waals surface area contributed by atoms with E-state index in [0.717, 1.165) is 12.4 Å². The lowest BCUT2D eigenvalue weighted by molar-refractivity contribution is -0.142. The van der Waals surface area contributed by atoms with Gasteiger partial charge in [-0.3, -0.25) is 0 Å². The molecule has 2 aromatic rings. The van der Waals surface area contributed by atoms with E-state index in [9.17, 15) is 0 Å². The monoisotopic (exact) mass is 280 g/mol. The minimum Gasteiger partial charge on any atom is -0.347 e. The molecule has 0 aliphatic carbocycles. The van der Waals surface area contributed by atoms with Crippen LogP contribution in [0.25, 0.3) is 0 Å². The van der Waals surface area contributed by atoms with Gasteiger partial charge in [-0.05, 0) is 20.8 Å². The number of aromatic nitrogens is 6. The molecule has 0 saturated carbocycles. The second-order valence-corrected chi connectivity index (χ2v) is 4.08. The van der Waals surface area contributed by atoms with Gasteiger partial charge in [0.05, 0.1) is 6.20 Å². The van der Waals surface area contributed by atoms with E-state index in [0.29, 0.717) is 25.5 Å². The summed E-state index contributed by atoms with van der Waals surface area (Å²) < 4.78 is 14.5. The van der Waals surface area contributed by atoms with Crippen molar-refractivity contribution in [2.24, 2.45) is 0 Å². The molecular weight excluding hydrogens is 260 g/mol. The van der Waals surface area contributed by atoms with Crippen LogP contribution in [0.2, 0.25) is 0 Å². The fraction of sp³-hybridized carbons (Fsp3) is 0.667. The lowest BCUT2D eigenvalue weighted by Gasteiger charge is -2.13. The third kappa shape index (κ3) is 3.40. The lowest BCUT2D eigenvalue weighted by atomic mass is 10.4. The van der Waals surface area contributed by atoms with E-state index in [1.807, 2.05) is 31.6 Å². The van der Waals surface area contributed by atoms with Crippen molar-refractivity contribution in [1.29, 1.82) is 0 Å². The molecule has 0 atom stereocenters. The highest BCUT2D eigenvalue weighted by molar-refractivity contribution is 4.96. The summed E-state index contributed by atoms with van der Waals surface area (Å²) in [5, 5.41) is 12.3. The van der Waals surface area contributed by atoms with E-state index in [1.165, 1.54) is 0 Å². The van der Waals surface area contributed by atoms with Crippen molar-refractivity contribution in [3.8, 4) is 0 Å². The standard InChI is InChI=1S/C12H20N6O2/c1-4-18-11(13-9-14-18)8-17-7-10(15-16-17)12(19-5-2)20-6-3/h7,9,12H,4-6,8H2,1-3H3. The van der Waals surface area contributed by atoms with Crippen molar-refractivity contribution >= 4 is 0 Å². The molecule has 0 aliphatic heterocycles. The highest BCUT2D eigenvalue weighted by Gasteiger charge is 2.16. The molecule has 0 saturated heterocycles. The predicted molar refractivity (Wildman–Crippen MR) is 70.8 cm³/mol. The van der Waals surface area contributed by atoms with E-state index in [4.69, 9.17) is 9.47 Å². The molecule has 2 rings (SSSR count). The summed E-state index contributed by atoms with van der Waals surface area (Å²) in [6, 6.07) is 0. The van der Waals surface area contributed by atoms with Gasteiger partial charge in [0.15, 0.2) is 0 Å². The molecule has 8 nitrogen and oxygen atoms in total. The SMILES string of the molecule is CCOC(OCC)c1cn(Cc2ncnn2CC)nn1. The Bertz CT molecular complexity index is 518. The van der Waals surface area contributed by atoms with Gasteiger partial charge in [-0.1, -0.05) is 5.21 Å². The van der Waals surface area contributed by atoms with Crippen molar-refractivity contribution in [3.63, 3.8) is 0 Å². The summed E-state index contributed by atoms with van der Waals surface area (Å²) in [6.45, 7) is 8.26. The Morgan fingerprint density at radius 3 is 2.60 bits per heavy atom. The quantitative estimate of drug-likeness (QED) is 0.671. The maximum absolute atomic E-state index is 5.49. The maximum atomic E-state index is 5.49. The average Bonchev–Trinajstić information content (AvgIpc) is 3.08. The van der Waals surface area contributed by atoms with Crippen molar-refractivity contribution in [1.82, 2.24) is 29.8 Å². The third-order valence-corrected chi connectivity index (χ3v) is 2.73. The summed E-state index contributed by atoms with van der Waals surface area (Å²) >= 11 is 0. The first-order valence-electron chi connectivity index (χ1n) is 6.78. The Kier molecular flexibility index (Phi) is 5.19. The number of nitrogens with zero attached hydrogens (tertiary/aromatic N) is 6. The molecule has 20 heavy (non-hydrogen) atoms. The Labute approximate surface area is 117 Å². The summed E-state index contributed by atoms with van der Waals surface area (Å²) in [6.07, 6.45) is 2.88. The maximum Gasteiger partial charge on any atom is 0.204 e. The van der Waals surface area contributed by atoms with Crippen LogP contribution in [0.4, 0.5) is 0 Å². The Balaban J connectivity index is 2.08. The van der Waals surface area contributed by atoms with Gasteiger partial charge < -0.3 is 9.47 Å². The fourth-order valence-electron chi connectivity index (χ4n) is 1.84. The van der Waals surface area contributed by atoms with Gasteiger partial charge in [-0.25, -0.2) is 14.3 Å². The Morgan fingerprint density at radius 1 is 1.20 bits per heavy atom. The van der Waals surface area contributed by atoms with Crippen LogP contribution in [0.1, 0.15) is 38.6 Å². The van der Waals surface area contributed by atoms with Crippen molar-refractivity contribution < 1.29 is 9.47 Å². The number of aryl methyl sites for hydroxylation is 1. The van der Waals surface area contributed by atoms with Crippen LogP contribution in [0.15, 0.2) is 12.5 Å². The van der Waals surface area contributed by atoms with E-state index >= 15 is 0 Å². The summed E-state index contributed by atoms with van der Waals surface area (Å²) in [4.78, 5) is 4.21. The number of ether oxygens (including phenoxy) is 2. The van der Waals surface area contributed by atoms with Crippen LogP contribution in [-0.4, -0.2) is 43.0 Å². The molecule has 110 valence electrons. The largest absolute Gasteiger partial charge is 0.347 e. The topological polar surface area (TPSA) is 79.9 Å². The summed E-state index contributed by atoms with van der Waals surface area (Å²) in [5.41, 5.74) is 0.663. The molecule has 2 aromatic heterocycles. The molecule has 0 spiro atoms. The van der Waals surface area contributed by atoms with Gasteiger partial charge in [-0.15, -0.1) is 5.10 Å². The number of rotatable bonds is 8. The number of hydrogen-bond acceptors (Lipinski definition) is 6. The zero-order valence-corrected chi connectivity index (χ0v) is 12.1. The third-order valence-electron chi connectivity index (χ3n) is 2.73. The van der Waals surface area contributed by atoms with Gasteiger partial charge in [0.25, 0.3) is 0 Å². The first-order valence-corrected chi connectivity index (χ1v) is 6.78.